The average Bonchev–Trinajstić information content (AvgIpc) is 2.58. The van der Waals surface area contributed by atoms with Crippen LogP contribution in [-0.4, -0.2) is 37.6 Å². The number of allylic oxidation sites excluding steroid dienone is 2. The molecular formula is C22H43NO2. The fourth-order valence-electron chi connectivity index (χ4n) is 2.66. The van der Waals surface area contributed by atoms with Gasteiger partial charge in [-0.25, -0.2) is 0 Å². The van der Waals surface area contributed by atoms with Gasteiger partial charge in [-0.1, -0.05) is 57.6 Å². The van der Waals surface area contributed by atoms with Crippen molar-refractivity contribution >= 4 is 5.97 Å². The summed E-state index contributed by atoms with van der Waals surface area (Å²) in [6.07, 6.45) is 19.9. The van der Waals surface area contributed by atoms with Crippen molar-refractivity contribution in [2.75, 3.05) is 20.7 Å². The normalized spacial score (nSPS) is 12.8. The molecule has 0 aromatic rings. The SMILES string of the molecule is CCCCCC/C=C/CCCCCCCC(=O)OCCC(C)N(C)C. The minimum atomic E-state index is -0.0306. The minimum Gasteiger partial charge on any atom is -0.466 e. The van der Waals surface area contributed by atoms with Gasteiger partial charge >= 0.3 is 5.97 Å². The number of carbonyl (C=O) groups is 1. The zero-order valence-electron chi connectivity index (χ0n) is 17.4. The average molecular weight is 354 g/mol. The van der Waals surface area contributed by atoms with Crippen molar-refractivity contribution in [2.24, 2.45) is 0 Å². The molecule has 0 aliphatic heterocycles. The Morgan fingerprint density at radius 3 is 2.08 bits per heavy atom. The molecule has 1 unspecified atom stereocenters. The summed E-state index contributed by atoms with van der Waals surface area (Å²) >= 11 is 0. The summed E-state index contributed by atoms with van der Waals surface area (Å²) in [5, 5.41) is 0. The van der Waals surface area contributed by atoms with E-state index in [1.54, 1.807) is 0 Å². The van der Waals surface area contributed by atoms with Gasteiger partial charge < -0.3 is 9.64 Å². The number of unbranched alkanes of at least 4 members (excludes halogenated alkanes) is 9. The third-order valence-corrected chi connectivity index (χ3v) is 4.82. The van der Waals surface area contributed by atoms with Crippen LogP contribution in [0.5, 0.6) is 0 Å². The van der Waals surface area contributed by atoms with Crippen LogP contribution in [0.15, 0.2) is 12.2 Å². The van der Waals surface area contributed by atoms with Crippen LogP contribution in [0.3, 0.4) is 0 Å². The molecule has 0 rings (SSSR count). The molecule has 3 nitrogen and oxygen atoms in total. The smallest absolute Gasteiger partial charge is 0.305 e. The fraction of sp³-hybridized carbons (Fsp3) is 0.864. The number of carbonyl (C=O) groups excluding carboxylic acids is 1. The second-order valence-electron chi connectivity index (χ2n) is 7.45. The van der Waals surface area contributed by atoms with Crippen molar-refractivity contribution in [2.45, 2.75) is 103 Å². The molecule has 0 saturated heterocycles. The van der Waals surface area contributed by atoms with Crippen LogP contribution in [0.1, 0.15) is 97.3 Å². The standard InChI is InChI=1S/C22H43NO2/c1-5-6-7-8-9-10-11-12-13-14-15-16-17-18-22(24)25-20-19-21(2)23(3)4/h10-11,21H,5-9,12-20H2,1-4H3/b11-10+. The van der Waals surface area contributed by atoms with E-state index in [9.17, 15) is 4.79 Å². The van der Waals surface area contributed by atoms with Crippen molar-refractivity contribution in [3.63, 3.8) is 0 Å². The van der Waals surface area contributed by atoms with Crippen LogP contribution in [0, 0.1) is 0 Å². The van der Waals surface area contributed by atoms with E-state index in [0.717, 1.165) is 19.3 Å². The summed E-state index contributed by atoms with van der Waals surface area (Å²) in [7, 11) is 4.10. The summed E-state index contributed by atoms with van der Waals surface area (Å²) in [6.45, 7) is 4.95. The first kappa shape index (κ1) is 24.2. The summed E-state index contributed by atoms with van der Waals surface area (Å²) < 4.78 is 5.30. The van der Waals surface area contributed by atoms with Gasteiger partial charge in [0.2, 0.25) is 0 Å². The van der Waals surface area contributed by atoms with Gasteiger partial charge in [0.25, 0.3) is 0 Å². The lowest BCUT2D eigenvalue weighted by Gasteiger charge is -2.19. The summed E-state index contributed by atoms with van der Waals surface area (Å²) in [5.74, 6) is -0.0306. The topological polar surface area (TPSA) is 29.5 Å². The van der Waals surface area contributed by atoms with Crippen molar-refractivity contribution in [3.05, 3.63) is 12.2 Å². The van der Waals surface area contributed by atoms with E-state index in [1.165, 1.54) is 57.8 Å². The van der Waals surface area contributed by atoms with Gasteiger partial charge in [-0.05, 0) is 59.5 Å². The van der Waals surface area contributed by atoms with Gasteiger partial charge in [-0.15, -0.1) is 0 Å². The molecular weight excluding hydrogens is 310 g/mol. The number of hydrogen-bond donors (Lipinski definition) is 0. The van der Waals surface area contributed by atoms with E-state index >= 15 is 0 Å². The Hall–Kier alpha value is -0.830. The van der Waals surface area contributed by atoms with Gasteiger partial charge in [0.15, 0.2) is 0 Å². The molecule has 0 aromatic heterocycles. The highest BCUT2D eigenvalue weighted by Crippen LogP contribution is 2.09. The van der Waals surface area contributed by atoms with Crippen molar-refractivity contribution in [3.8, 4) is 0 Å². The van der Waals surface area contributed by atoms with Gasteiger partial charge in [-0.2, -0.15) is 0 Å². The quantitative estimate of drug-likeness (QED) is 0.179. The number of nitrogens with zero attached hydrogens (tertiary/aromatic N) is 1. The predicted molar refractivity (Wildman–Crippen MR) is 109 cm³/mol. The Kier molecular flexibility index (Phi) is 17.4. The van der Waals surface area contributed by atoms with E-state index in [0.29, 0.717) is 19.1 Å². The molecule has 0 aliphatic carbocycles. The second-order valence-corrected chi connectivity index (χ2v) is 7.45. The van der Waals surface area contributed by atoms with Gasteiger partial charge in [0.1, 0.15) is 0 Å². The summed E-state index contributed by atoms with van der Waals surface area (Å²) in [4.78, 5) is 13.8. The van der Waals surface area contributed by atoms with Crippen LogP contribution in [0.4, 0.5) is 0 Å². The van der Waals surface area contributed by atoms with Gasteiger partial charge in [0, 0.05) is 12.5 Å². The first-order valence-corrected chi connectivity index (χ1v) is 10.5. The lowest BCUT2D eigenvalue weighted by atomic mass is 10.1. The molecule has 0 bridgehead atoms. The molecule has 148 valence electrons. The molecule has 25 heavy (non-hydrogen) atoms. The predicted octanol–water partition coefficient (Wildman–Crippen LogP) is 6.13. The molecule has 0 amide bonds. The van der Waals surface area contributed by atoms with E-state index in [2.05, 4.69) is 45.0 Å². The van der Waals surface area contributed by atoms with E-state index < -0.39 is 0 Å². The molecule has 0 spiro atoms. The monoisotopic (exact) mass is 353 g/mol. The molecule has 0 heterocycles. The maximum atomic E-state index is 11.7. The van der Waals surface area contributed by atoms with E-state index in [4.69, 9.17) is 4.74 Å². The van der Waals surface area contributed by atoms with Crippen molar-refractivity contribution in [1.29, 1.82) is 0 Å². The van der Waals surface area contributed by atoms with E-state index in [1.807, 2.05) is 0 Å². The Labute approximate surface area is 157 Å². The number of hydrogen-bond acceptors (Lipinski definition) is 3. The molecule has 3 heteroatoms. The lowest BCUT2D eigenvalue weighted by Crippen LogP contribution is -2.26. The number of rotatable bonds is 17. The zero-order chi connectivity index (χ0) is 18.8. The molecule has 1 atom stereocenters. The van der Waals surface area contributed by atoms with Crippen molar-refractivity contribution in [1.82, 2.24) is 4.90 Å². The van der Waals surface area contributed by atoms with Crippen LogP contribution in [0.2, 0.25) is 0 Å². The maximum Gasteiger partial charge on any atom is 0.305 e. The fourth-order valence-corrected chi connectivity index (χ4v) is 2.66. The first-order chi connectivity index (χ1) is 12.1. The Morgan fingerprint density at radius 2 is 1.48 bits per heavy atom. The molecule has 0 N–H and O–H groups in total. The summed E-state index contributed by atoms with van der Waals surface area (Å²) in [5.41, 5.74) is 0. The first-order valence-electron chi connectivity index (χ1n) is 10.5. The van der Waals surface area contributed by atoms with E-state index in [-0.39, 0.29) is 5.97 Å². The number of esters is 1. The third kappa shape index (κ3) is 17.8. The Balaban J connectivity index is 3.29. The van der Waals surface area contributed by atoms with Crippen LogP contribution < -0.4 is 0 Å². The lowest BCUT2D eigenvalue weighted by molar-refractivity contribution is -0.144. The maximum absolute atomic E-state index is 11.7. The van der Waals surface area contributed by atoms with Crippen LogP contribution in [-0.2, 0) is 9.53 Å². The minimum absolute atomic E-state index is 0.0306. The third-order valence-electron chi connectivity index (χ3n) is 4.82. The Bertz CT molecular complexity index is 326. The largest absolute Gasteiger partial charge is 0.466 e. The summed E-state index contributed by atoms with van der Waals surface area (Å²) in [6, 6.07) is 0.457. The highest BCUT2D eigenvalue weighted by molar-refractivity contribution is 5.69. The Morgan fingerprint density at radius 1 is 0.920 bits per heavy atom. The van der Waals surface area contributed by atoms with Gasteiger partial charge in [-0.3, -0.25) is 4.79 Å². The highest BCUT2D eigenvalue weighted by atomic mass is 16.5. The molecule has 0 aromatic carbocycles. The highest BCUT2D eigenvalue weighted by Gasteiger charge is 2.07. The van der Waals surface area contributed by atoms with Gasteiger partial charge in [0.05, 0.1) is 6.61 Å². The molecule has 0 fully saturated rings. The van der Waals surface area contributed by atoms with Crippen LogP contribution in [0.25, 0.3) is 0 Å². The molecule has 0 aliphatic rings. The van der Waals surface area contributed by atoms with Crippen molar-refractivity contribution < 1.29 is 9.53 Å². The molecule has 0 radical (unpaired) electrons. The molecule has 0 saturated carbocycles. The second kappa shape index (κ2) is 18.0. The number of ether oxygens (including phenoxy) is 1. The zero-order valence-corrected chi connectivity index (χ0v) is 17.4. The van der Waals surface area contributed by atoms with Crippen LogP contribution >= 0.6 is 0 Å².